The van der Waals surface area contributed by atoms with Crippen LogP contribution in [0, 0.1) is 37.9 Å². The summed E-state index contributed by atoms with van der Waals surface area (Å²) in [6.45, 7) is 6.12. The highest BCUT2D eigenvalue weighted by atomic mass is 32.2. The summed E-state index contributed by atoms with van der Waals surface area (Å²) < 4.78 is 13.4. The van der Waals surface area contributed by atoms with Gasteiger partial charge in [-0.05, 0) is 97.8 Å². The molecule has 1 atom stereocenters. The fraction of sp³-hybridized carbons (Fsp3) is 0.250. The Morgan fingerprint density at radius 1 is 1.05 bits per heavy atom. The van der Waals surface area contributed by atoms with Gasteiger partial charge in [0, 0.05) is 34.0 Å². The van der Waals surface area contributed by atoms with Crippen LogP contribution in [0.5, 0.6) is 0 Å². The monoisotopic (exact) mass is 523 g/mol. The number of nitrogens with zero attached hydrogens (tertiary/aromatic N) is 2. The van der Waals surface area contributed by atoms with Crippen LogP contribution in [0.2, 0.25) is 0 Å². The molecule has 4 nitrogen and oxygen atoms in total. The molecule has 3 aromatic rings. The number of nitriles is 1. The lowest BCUT2D eigenvalue weighted by Crippen LogP contribution is -2.39. The van der Waals surface area contributed by atoms with Crippen molar-refractivity contribution in [3.05, 3.63) is 117 Å². The van der Waals surface area contributed by atoms with Gasteiger partial charge >= 0.3 is 0 Å². The molecule has 5 rings (SSSR count). The topological polar surface area (TPSA) is 70.1 Å². The number of ketones is 1. The van der Waals surface area contributed by atoms with Gasteiger partial charge in [-0.1, -0.05) is 24.3 Å². The summed E-state index contributed by atoms with van der Waals surface area (Å²) in [5.41, 5.74) is 14.9. The Balaban J connectivity index is 1.62. The van der Waals surface area contributed by atoms with Crippen molar-refractivity contribution in [3.63, 3.8) is 0 Å². The minimum atomic E-state index is -0.501. The van der Waals surface area contributed by atoms with E-state index in [0.717, 1.165) is 56.9 Å². The number of benzene rings is 3. The Kier molecular flexibility index (Phi) is 7.14. The second-order valence-electron chi connectivity index (χ2n) is 10.0. The quantitative estimate of drug-likeness (QED) is 0.354. The zero-order valence-electron chi connectivity index (χ0n) is 21.8. The minimum absolute atomic E-state index is 0.0800. The van der Waals surface area contributed by atoms with Crippen LogP contribution in [-0.4, -0.2) is 5.78 Å². The number of carbonyl (C=O) groups excluding carboxylic acids is 1. The predicted octanol–water partition coefficient (Wildman–Crippen LogP) is 7.35. The predicted molar refractivity (Wildman–Crippen MR) is 151 cm³/mol. The van der Waals surface area contributed by atoms with Crippen molar-refractivity contribution in [2.24, 2.45) is 5.73 Å². The first-order valence-corrected chi connectivity index (χ1v) is 13.8. The number of carbonyl (C=O) groups is 1. The number of aryl methyl sites for hydroxylation is 3. The van der Waals surface area contributed by atoms with Crippen molar-refractivity contribution in [2.45, 2.75) is 56.6 Å². The van der Waals surface area contributed by atoms with Gasteiger partial charge in [0.25, 0.3) is 0 Å². The Labute approximate surface area is 227 Å². The van der Waals surface area contributed by atoms with Crippen molar-refractivity contribution in [1.29, 1.82) is 5.26 Å². The van der Waals surface area contributed by atoms with Crippen LogP contribution in [0.3, 0.4) is 0 Å². The third-order valence-electron chi connectivity index (χ3n) is 7.42. The molecular weight excluding hydrogens is 493 g/mol. The van der Waals surface area contributed by atoms with Gasteiger partial charge in [-0.25, -0.2) is 4.39 Å². The molecule has 38 heavy (non-hydrogen) atoms. The molecule has 2 aliphatic rings. The van der Waals surface area contributed by atoms with Crippen molar-refractivity contribution in [3.8, 4) is 6.07 Å². The summed E-state index contributed by atoms with van der Waals surface area (Å²) in [7, 11) is 0. The Morgan fingerprint density at radius 2 is 1.82 bits per heavy atom. The molecule has 1 aliphatic heterocycles. The van der Waals surface area contributed by atoms with Gasteiger partial charge in [-0.3, -0.25) is 9.69 Å². The van der Waals surface area contributed by atoms with Gasteiger partial charge in [-0.2, -0.15) is 5.26 Å². The van der Waals surface area contributed by atoms with Crippen LogP contribution in [-0.2, 0) is 10.5 Å². The molecule has 0 radical (unpaired) electrons. The molecule has 3 aromatic carbocycles. The Hall–Kier alpha value is -3.82. The first kappa shape index (κ1) is 25.8. The number of hydrogen-bond donors (Lipinski definition) is 1. The molecule has 0 fully saturated rings. The van der Waals surface area contributed by atoms with E-state index in [9.17, 15) is 14.4 Å². The number of anilines is 1. The summed E-state index contributed by atoms with van der Waals surface area (Å²) >= 11 is 1.63. The van der Waals surface area contributed by atoms with Crippen LogP contribution < -0.4 is 10.6 Å². The molecule has 0 saturated heterocycles. The van der Waals surface area contributed by atoms with E-state index in [1.807, 2.05) is 43.0 Å². The zero-order chi connectivity index (χ0) is 27.0. The van der Waals surface area contributed by atoms with E-state index < -0.39 is 5.92 Å². The zero-order valence-corrected chi connectivity index (χ0v) is 22.7. The van der Waals surface area contributed by atoms with Crippen LogP contribution in [0.15, 0.2) is 88.2 Å². The number of Topliss-reactive ketones (excluding diaryl/α,β-unsaturated/α-hetero) is 1. The van der Waals surface area contributed by atoms with Gasteiger partial charge < -0.3 is 5.73 Å². The van der Waals surface area contributed by atoms with Crippen LogP contribution in [0.1, 0.15) is 53.0 Å². The first-order valence-electron chi connectivity index (χ1n) is 12.8. The summed E-state index contributed by atoms with van der Waals surface area (Å²) in [6.07, 6.45) is 1.95. The largest absolute Gasteiger partial charge is 0.384 e. The average Bonchev–Trinajstić information content (AvgIpc) is 2.89. The molecule has 1 aliphatic carbocycles. The van der Waals surface area contributed by atoms with Gasteiger partial charge in [0.2, 0.25) is 0 Å². The first-order chi connectivity index (χ1) is 18.3. The number of halogens is 1. The normalized spacial score (nSPS) is 17.5. The second kappa shape index (κ2) is 10.5. The Bertz CT molecular complexity index is 1530. The Morgan fingerprint density at radius 3 is 2.53 bits per heavy atom. The number of hydrogen-bond acceptors (Lipinski definition) is 5. The molecule has 0 aromatic heterocycles. The molecule has 1 unspecified atom stereocenters. The van der Waals surface area contributed by atoms with E-state index in [2.05, 4.69) is 25.1 Å². The second-order valence-corrected chi connectivity index (χ2v) is 11.1. The van der Waals surface area contributed by atoms with E-state index in [4.69, 9.17) is 5.73 Å². The highest BCUT2D eigenvalue weighted by molar-refractivity contribution is 7.98. The number of rotatable bonds is 5. The van der Waals surface area contributed by atoms with Crippen molar-refractivity contribution < 1.29 is 9.18 Å². The molecule has 0 spiro atoms. The van der Waals surface area contributed by atoms with E-state index >= 15 is 0 Å². The molecule has 0 saturated carbocycles. The van der Waals surface area contributed by atoms with Gasteiger partial charge in [0.15, 0.2) is 5.78 Å². The highest BCUT2D eigenvalue weighted by Crippen LogP contribution is 2.47. The van der Waals surface area contributed by atoms with Crippen molar-refractivity contribution >= 4 is 23.2 Å². The van der Waals surface area contributed by atoms with Gasteiger partial charge in [0.05, 0.1) is 17.6 Å². The number of allylic oxidation sites excluding steroid dienone is 3. The highest BCUT2D eigenvalue weighted by Gasteiger charge is 2.41. The summed E-state index contributed by atoms with van der Waals surface area (Å²) in [5.74, 6) is 0.400. The van der Waals surface area contributed by atoms with E-state index in [1.54, 1.807) is 23.9 Å². The van der Waals surface area contributed by atoms with Crippen molar-refractivity contribution in [1.82, 2.24) is 0 Å². The smallest absolute Gasteiger partial charge is 0.161 e. The van der Waals surface area contributed by atoms with Crippen LogP contribution >= 0.6 is 11.8 Å². The summed E-state index contributed by atoms with van der Waals surface area (Å²) in [5, 5.41) is 10.4. The third-order valence-corrected chi connectivity index (χ3v) is 8.48. The number of thioether (sulfide) groups is 1. The molecule has 0 bridgehead atoms. The van der Waals surface area contributed by atoms with E-state index in [-0.39, 0.29) is 11.6 Å². The molecule has 6 heteroatoms. The average molecular weight is 524 g/mol. The fourth-order valence-corrected chi connectivity index (χ4v) is 6.50. The standard InChI is InChI=1S/C32H30FN3OS/c1-19-6-4-7-24(14-19)36-28-8-5-9-29(37)31(28)30(27(17-34)32(36)35)26-16-22(20(2)15-21(26)3)18-38-25-12-10-23(33)11-13-25/h4,6-7,10-16,30H,5,8-9,18,35H2,1-3H3. The van der Waals surface area contributed by atoms with E-state index in [1.165, 1.54) is 12.1 Å². The maximum Gasteiger partial charge on any atom is 0.161 e. The van der Waals surface area contributed by atoms with E-state index in [0.29, 0.717) is 29.1 Å². The maximum atomic E-state index is 13.5. The lowest BCUT2D eigenvalue weighted by Gasteiger charge is -2.40. The van der Waals surface area contributed by atoms with Gasteiger partial charge in [0.1, 0.15) is 11.6 Å². The lowest BCUT2D eigenvalue weighted by molar-refractivity contribution is -0.116. The molecule has 1 heterocycles. The fourth-order valence-electron chi connectivity index (χ4n) is 5.53. The van der Waals surface area contributed by atoms with Gasteiger partial charge in [-0.15, -0.1) is 11.8 Å². The maximum absolute atomic E-state index is 13.5. The lowest BCUT2D eigenvalue weighted by atomic mass is 9.74. The molecule has 2 N–H and O–H groups in total. The SMILES string of the molecule is Cc1cccc(N2C(N)=C(C#N)C(c3cc(CSc4ccc(F)cc4)c(C)cc3C)C3=C2CCCC3=O)c1. The molecule has 0 amide bonds. The third kappa shape index (κ3) is 4.75. The minimum Gasteiger partial charge on any atom is -0.384 e. The molecule has 192 valence electrons. The summed E-state index contributed by atoms with van der Waals surface area (Å²) in [4.78, 5) is 16.4. The van der Waals surface area contributed by atoms with Crippen LogP contribution in [0.4, 0.5) is 10.1 Å². The van der Waals surface area contributed by atoms with Crippen LogP contribution in [0.25, 0.3) is 0 Å². The number of nitrogens with two attached hydrogens (primary N) is 1. The summed E-state index contributed by atoms with van der Waals surface area (Å²) in [6, 6.07) is 21.1. The van der Waals surface area contributed by atoms with Crippen molar-refractivity contribution in [2.75, 3.05) is 4.90 Å². The molecular formula is C32H30FN3OS.